The van der Waals surface area contributed by atoms with E-state index >= 15 is 0 Å². The number of likely N-dealkylation sites (tertiary alicyclic amines) is 1. The van der Waals surface area contributed by atoms with E-state index in [1.807, 2.05) is 41.3 Å². The van der Waals surface area contributed by atoms with Crippen molar-refractivity contribution in [2.24, 2.45) is 5.41 Å². The highest BCUT2D eigenvalue weighted by molar-refractivity contribution is 6.31. The summed E-state index contributed by atoms with van der Waals surface area (Å²) in [5.41, 5.74) is 2.55. The quantitative estimate of drug-likeness (QED) is 0.613. The van der Waals surface area contributed by atoms with Gasteiger partial charge in [-0.2, -0.15) is 5.26 Å². The van der Waals surface area contributed by atoms with Gasteiger partial charge in [0.25, 0.3) is 5.91 Å². The summed E-state index contributed by atoms with van der Waals surface area (Å²) in [5.74, 6) is -0.0563. The van der Waals surface area contributed by atoms with Crippen LogP contribution in [0, 0.1) is 16.7 Å². The summed E-state index contributed by atoms with van der Waals surface area (Å²) < 4.78 is 0. The number of carbonyl (C=O) groups is 1. The Hall–Kier alpha value is -3.23. The average molecular weight is 417 g/mol. The van der Waals surface area contributed by atoms with Crippen LogP contribution in [-0.4, -0.2) is 33.9 Å². The molecule has 1 aliphatic heterocycles. The van der Waals surface area contributed by atoms with E-state index in [0.29, 0.717) is 48.6 Å². The number of piperidine rings is 1. The Balaban J connectivity index is 1.52. The molecule has 2 aromatic heterocycles. The van der Waals surface area contributed by atoms with Gasteiger partial charge in [0.2, 0.25) is 0 Å². The van der Waals surface area contributed by atoms with Gasteiger partial charge < -0.3 is 4.90 Å². The van der Waals surface area contributed by atoms with E-state index < -0.39 is 5.41 Å². The van der Waals surface area contributed by atoms with Gasteiger partial charge in [0.1, 0.15) is 0 Å². The Kier molecular flexibility index (Phi) is 5.78. The SMILES string of the molecule is N#CC1(Cc2ccccc2Cl)CCN(C(=O)c2cccnc2-c2ccncc2)CC1. The molecule has 1 amide bonds. The predicted molar refractivity (Wildman–Crippen MR) is 116 cm³/mol. The smallest absolute Gasteiger partial charge is 0.256 e. The lowest BCUT2D eigenvalue weighted by atomic mass is 9.75. The van der Waals surface area contributed by atoms with E-state index in [4.69, 9.17) is 11.6 Å². The van der Waals surface area contributed by atoms with Gasteiger partial charge in [-0.05, 0) is 55.2 Å². The molecule has 1 aromatic carbocycles. The number of hydrogen-bond donors (Lipinski definition) is 0. The second-order valence-electron chi connectivity index (χ2n) is 7.59. The number of benzene rings is 1. The molecule has 0 bridgehead atoms. The summed E-state index contributed by atoms with van der Waals surface area (Å²) in [4.78, 5) is 23.6. The van der Waals surface area contributed by atoms with Gasteiger partial charge in [-0.15, -0.1) is 0 Å². The molecular weight excluding hydrogens is 396 g/mol. The van der Waals surface area contributed by atoms with Crippen LogP contribution in [0.5, 0.6) is 0 Å². The number of pyridine rings is 2. The third kappa shape index (κ3) is 4.05. The van der Waals surface area contributed by atoms with Crippen molar-refractivity contribution in [2.45, 2.75) is 19.3 Å². The molecule has 5 nitrogen and oxygen atoms in total. The summed E-state index contributed by atoms with van der Waals surface area (Å²) in [5, 5.41) is 10.6. The van der Waals surface area contributed by atoms with Crippen molar-refractivity contribution < 1.29 is 4.79 Å². The van der Waals surface area contributed by atoms with E-state index in [1.165, 1.54) is 0 Å². The largest absolute Gasteiger partial charge is 0.338 e. The zero-order valence-electron chi connectivity index (χ0n) is 16.5. The number of rotatable bonds is 4. The summed E-state index contributed by atoms with van der Waals surface area (Å²) in [6.45, 7) is 1.06. The van der Waals surface area contributed by atoms with Crippen molar-refractivity contribution in [3.63, 3.8) is 0 Å². The van der Waals surface area contributed by atoms with Crippen LogP contribution in [0.3, 0.4) is 0 Å². The van der Waals surface area contributed by atoms with Gasteiger partial charge in [0.15, 0.2) is 0 Å². The van der Waals surface area contributed by atoms with Gasteiger partial charge in [0.05, 0.1) is 22.7 Å². The highest BCUT2D eigenvalue weighted by Gasteiger charge is 2.37. The van der Waals surface area contributed by atoms with E-state index in [9.17, 15) is 10.1 Å². The zero-order chi connectivity index (χ0) is 21.0. The fourth-order valence-corrected chi connectivity index (χ4v) is 4.16. The number of carbonyl (C=O) groups excluding carboxylic acids is 1. The van der Waals surface area contributed by atoms with Crippen molar-refractivity contribution in [1.82, 2.24) is 14.9 Å². The number of hydrogen-bond acceptors (Lipinski definition) is 4. The molecule has 0 N–H and O–H groups in total. The van der Waals surface area contributed by atoms with Crippen LogP contribution in [0.4, 0.5) is 0 Å². The molecule has 0 aliphatic carbocycles. The molecule has 0 unspecified atom stereocenters. The van der Waals surface area contributed by atoms with Crippen LogP contribution < -0.4 is 0 Å². The molecule has 0 radical (unpaired) electrons. The molecule has 4 rings (SSSR count). The Bertz CT molecular complexity index is 1090. The normalized spacial score (nSPS) is 15.4. The molecule has 0 spiro atoms. The number of amides is 1. The summed E-state index contributed by atoms with van der Waals surface area (Å²) >= 11 is 6.31. The van der Waals surface area contributed by atoms with Gasteiger partial charge >= 0.3 is 0 Å². The first kappa shape index (κ1) is 20.1. The fraction of sp³-hybridized carbons (Fsp3) is 0.250. The lowest BCUT2D eigenvalue weighted by Crippen LogP contribution is -2.43. The summed E-state index contributed by atoms with van der Waals surface area (Å²) in [6.07, 6.45) is 6.90. The zero-order valence-corrected chi connectivity index (χ0v) is 17.2. The second kappa shape index (κ2) is 8.64. The van der Waals surface area contributed by atoms with Crippen molar-refractivity contribution in [3.05, 3.63) is 83.3 Å². The molecule has 0 atom stereocenters. The highest BCUT2D eigenvalue weighted by Crippen LogP contribution is 2.37. The maximum Gasteiger partial charge on any atom is 0.256 e. The molecule has 6 heteroatoms. The molecule has 3 heterocycles. The van der Waals surface area contributed by atoms with Crippen LogP contribution >= 0.6 is 11.6 Å². The van der Waals surface area contributed by atoms with E-state index in [2.05, 4.69) is 16.0 Å². The molecule has 3 aromatic rings. The predicted octanol–water partition coefficient (Wildman–Crippen LogP) is 4.79. The van der Waals surface area contributed by atoms with Crippen LogP contribution in [0.25, 0.3) is 11.3 Å². The van der Waals surface area contributed by atoms with E-state index in [-0.39, 0.29) is 5.91 Å². The second-order valence-corrected chi connectivity index (χ2v) is 8.00. The highest BCUT2D eigenvalue weighted by atomic mass is 35.5. The molecule has 30 heavy (non-hydrogen) atoms. The Labute approximate surface area is 181 Å². The first-order valence-electron chi connectivity index (χ1n) is 9.91. The number of nitriles is 1. The van der Waals surface area contributed by atoms with Crippen molar-refractivity contribution in [3.8, 4) is 17.3 Å². The van der Waals surface area contributed by atoms with Crippen molar-refractivity contribution >= 4 is 17.5 Å². The van der Waals surface area contributed by atoms with Gasteiger partial charge in [-0.25, -0.2) is 0 Å². The average Bonchev–Trinajstić information content (AvgIpc) is 2.81. The standard InChI is InChI=1S/C24H21ClN4O/c25-21-6-2-1-4-19(21)16-24(17-26)9-14-29(15-10-24)23(30)20-5-3-11-28-22(20)18-7-12-27-13-8-18/h1-8,11-13H,9-10,14-16H2. The van der Waals surface area contributed by atoms with Gasteiger partial charge in [0, 0.05) is 42.3 Å². The summed E-state index contributed by atoms with van der Waals surface area (Å²) in [7, 11) is 0. The maximum atomic E-state index is 13.3. The van der Waals surface area contributed by atoms with Crippen molar-refractivity contribution in [2.75, 3.05) is 13.1 Å². The molecular formula is C24H21ClN4O. The van der Waals surface area contributed by atoms with Crippen LogP contribution in [0.15, 0.2) is 67.1 Å². The van der Waals surface area contributed by atoms with Crippen LogP contribution in [0.1, 0.15) is 28.8 Å². The minimum absolute atomic E-state index is 0.0563. The number of nitrogens with zero attached hydrogens (tertiary/aromatic N) is 4. The molecule has 0 saturated carbocycles. The minimum Gasteiger partial charge on any atom is -0.338 e. The Morgan fingerprint density at radius 3 is 2.50 bits per heavy atom. The molecule has 150 valence electrons. The Morgan fingerprint density at radius 1 is 1.07 bits per heavy atom. The van der Waals surface area contributed by atoms with E-state index in [1.54, 1.807) is 30.7 Å². The van der Waals surface area contributed by atoms with Crippen molar-refractivity contribution in [1.29, 1.82) is 5.26 Å². The third-order valence-electron chi connectivity index (χ3n) is 5.72. The van der Waals surface area contributed by atoms with Gasteiger partial charge in [-0.3, -0.25) is 14.8 Å². The topological polar surface area (TPSA) is 69.9 Å². The minimum atomic E-state index is -0.509. The number of halogens is 1. The fourth-order valence-electron chi connectivity index (χ4n) is 3.96. The molecule has 1 saturated heterocycles. The summed E-state index contributed by atoms with van der Waals surface area (Å²) in [6, 6.07) is 17.4. The van der Waals surface area contributed by atoms with Crippen LogP contribution in [-0.2, 0) is 6.42 Å². The first-order valence-corrected chi connectivity index (χ1v) is 10.3. The molecule has 1 aliphatic rings. The van der Waals surface area contributed by atoms with Crippen LogP contribution in [0.2, 0.25) is 5.02 Å². The Morgan fingerprint density at radius 2 is 1.80 bits per heavy atom. The molecule has 1 fully saturated rings. The van der Waals surface area contributed by atoms with Gasteiger partial charge in [-0.1, -0.05) is 29.8 Å². The third-order valence-corrected chi connectivity index (χ3v) is 6.09. The lowest BCUT2D eigenvalue weighted by molar-refractivity contribution is 0.0647. The maximum absolute atomic E-state index is 13.3. The number of aromatic nitrogens is 2. The van der Waals surface area contributed by atoms with E-state index in [0.717, 1.165) is 11.1 Å². The monoisotopic (exact) mass is 416 g/mol. The lowest BCUT2D eigenvalue weighted by Gasteiger charge is -2.37. The first-order chi connectivity index (χ1) is 14.6.